The molecule has 0 saturated heterocycles. The van der Waals surface area contributed by atoms with Gasteiger partial charge in [-0.15, -0.1) is 0 Å². The van der Waals surface area contributed by atoms with Gasteiger partial charge in [-0.25, -0.2) is 14.5 Å². The molecule has 2 rings (SSSR count). The highest BCUT2D eigenvalue weighted by Crippen LogP contribution is 2.06. The Morgan fingerprint density at radius 3 is 2.95 bits per heavy atom. The first-order valence-corrected chi connectivity index (χ1v) is 7.33. The molecule has 0 radical (unpaired) electrons. The molecule has 2 aromatic rings. The second kappa shape index (κ2) is 8.14. The molecule has 7 heteroatoms. The fraction of sp³-hybridized carbons (Fsp3) is 0.400. The Hall–Kier alpha value is -2.41. The Kier molecular flexibility index (Phi) is 5.91. The molecule has 0 aliphatic heterocycles. The first kappa shape index (κ1) is 16.0. The van der Waals surface area contributed by atoms with Gasteiger partial charge in [0.05, 0.1) is 6.61 Å². The monoisotopic (exact) mass is 303 g/mol. The number of urea groups is 1. The number of carbonyl (C=O) groups is 1. The quantitative estimate of drug-likeness (QED) is 0.804. The van der Waals surface area contributed by atoms with Crippen molar-refractivity contribution in [2.45, 2.75) is 19.9 Å². The van der Waals surface area contributed by atoms with Gasteiger partial charge >= 0.3 is 6.03 Å². The third-order valence-electron chi connectivity index (χ3n) is 3.14. The lowest BCUT2D eigenvalue weighted by Gasteiger charge is -2.21. The Labute approximate surface area is 129 Å². The summed E-state index contributed by atoms with van der Waals surface area (Å²) in [4.78, 5) is 17.9. The minimum absolute atomic E-state index is 0.0356. The predicted molar refractivity (Wildman–Crippen MR) is 82.5 cm³/mol. The molecular formula is C15H21N5O2. The van der Waals surface area contributed by atoms with Crippen LogP contribution in [0.3, 0.4) is 0 Å². The molecule has 0 spiro atoms. The molecule has 7 nitrogen and oxygen atoms in total. The van der Waals surface area contributed by atoms with Crippen LogP contribution in [0.4, 0.5) is 4.79 Å². The van der Waals surface area contributed by atoms with E-state index in [9.17, 15) is 4.79 Å². The molecule has 0 aliphatic rings. The van der Waals surface area contributed by atoms with Crippen molar-refractivity contribution in [3.63, 3.8) is 0 Å². The fourth-order valence-electron chi connectivity index (χ4n) is 2.10. The predicted octanol–water partition coefficient (Wildman–Crippen LogP) is 1.18. The smallest absolute Gasteiger partial charge is 0.317 e. The Bertz CT molecular complexity index is 579. The second-order valence-corrected chi connectivity index (χ2v) is 4.84. The number of carbonyl (C=O) groups excluding carboxylic acids is 1. The number of aliphatic hydroxyl groups excluding tert-OH is 1. The molecule has 0 aliphatic carbocycles. The average molecular weight is 303 g/mol. The maximum atomic E-state index is 12.1. The van der Waals surface area contributed by atoms with Gasteiger partial charge in [-0.1, -0.05) is 6.92 Å². The summed E-state index contributed by atoms with van der Waals surface area (Å²) in [5, 5.41) is 16.0. The topological polar surface area (TPSA) is 83.3 Å². The third-order valence-corrected chi connectivity index (χ3v) is 3.14. The van der Waals surface area contributed by atoms with Crippen molar-refractivity contribution in [2.24, 2.45) is 0 Å². The van der Waals surface area contributed by atoms with Crippen LogP contribution >= 0.6 is 0 Å². The van der Waals surface area contributed by atoms with Crippen molar-refractivity contribution in [1.29, 1.82) is 0 Å². The number of aliphatic hydroxyl groups is 1. The molecular weight excluding hydrogens is 282 g/mol. The summed E-state index contributed by atoms with van der Waals surface area (Å²) < 4.78 is 1.67. The third kappa shape index (κ3) is 4.29. The number of nitrogens with one attached hydrogen (secondary N) is 1. The number of rotatable bonds is 7. The highest BCUT2D eigenvalue weighted by molar-refractivity contribution is 5.74. The van der Waals surface area contributed by atoms with E-state index in [2.05, 4.69) is 15.4 Å². The minimum atomic E-state index is -0.173. The molecule has 0 fully saturated rings. The number of hydrogen-bond donors (Lipinski definition) is 2. The summed E-state index contributed by atoms with van der Waals surface area (Å²) in [6.45, 7) is 3.33. The van der Waals surface area contributed by atoms with Crippen molar-refractivity contribution in [3.05, 3.63) is 42.4 Å². The van der Waals surface area contributed by atoms with E-state index < -0.39 is 0 Å². The Morgan fingerprint density at radius 2 is 2.27 bits per heavy atom. The molecule has 0 unspecified atom stereocenters. The van der Waals surface area contributed by atoms with Gasteiger partial charge in [0.15, 0.2) is 5.82 Å². The lowest BCUT2D eigenvalue weighted by atomic mass is 10.2. The maximum Gasteiger partial charge on any atom is 0.317 e. The van der Waals surface area contributed by atoms with Gasteiger partial charge in [0.25, 0.3) is 0 Å². The van der Waals surface area contributed by atoms with Crippen LogP contribution in [-0.4, -0.2) is 50.5 Å². The summed E-state index contributed by atoms with van der Waals surface area (Å²) in [6, 6.07) is 5.38. The molecule has 0 aromatic carbocycles. The molecule has 2 amide bonds. The first-order chi connectivity index (χ1) is 10.7. The van der Waals surface area contributed by atoms with Gasteiger partial charge < -0.3 is 15.3 Å². The van der Waals surface area contributed by atoms with Crippen LogP contribution in [0.2, 0.25) is 0 Å². The highest BCUT2D eigenvalue weighted by atomic mass is 16.3. The van der Waals surface area contributed by atoms with Crippen LogP contribution in [0.1, 0.15) is 18.9 Å². The van der Waals surface area contributed by atoms with Gasteiger partial charge in [-0.3, -0.25) is 0 Å². The van der Waals surface area contributed by atoms with Gasteiger partial charge in [0, 0.05) is 38.2 Å². The summed E-state index contributed by atoms with van der Waals surface area (Å²) >= 11 is 0. The summed E-state index contributed by atoms with van der Waals surface area (Å²) in [5.74, 6) is 0.706. The minimum Gasteiger partial charge on any atom is -0.395 e. The van der Waals surface area contributed by atoms with Gasteiger partial charge in [-0.05, 0) is 30.2 Å². The molecule has 2 N–H and O–H groups in total. The van der Waals surface area contributed by atoms with Crippen LogP contribution in [0.25, 0.3) is 5.82 Å². The second-order valence-electron chi connectivity index (χ2n) is 4.84. The van der Waals surface area contributed by atoms with E-state index in [4.69, 9.17) is 5.11 Å². The zero-order valence-corrected chi connectivity index (χ0v) is 12.6. The fourth-order valence-corrected chi connectivity index (χ4v) is 2.10. The first-order valence-electron chi connectivity index (χ1n) is 7.33. The zero-order chi connectivity index (χ0) is 15.8. The van der Waals surface area contributed by atoms with E-state index in [-0.39, 0.29) is 12.6 Å². The summed E-state index contributed by atoms with van der Waals surface area (Å²) in [5.41, 5.74) is 0.939. The number of nitrogens with zero attached hydrogens (tertiary/aromatic N) is 4. The van der Waals surface area contributed by atoms with Crippen molar-refractivity contribution >= 4 is 6.03 Å². The number of hydrogen-bond acceptors (Lipinski definition) is 4. The van der Waals surface area contributed by atoms with E-state index in [0.717, 1.165) is 12.0 Å². The number of pyridine rings is 1. The van der Waals surface area contributed by atoms with E-state index >= 15 is 0 Å². The molecule has 0 bridgehead atoms. The van der Waals surface area contributed by atoms with E-state index in [1.165, 1.54) is 0 Å². The Balaban J connectivity index is 1.96. The van der Waals surface area contributed by atoms with Crippen LogP contribution in [0.15, 0.2) is 36.8 Å². The van der Waals surface area contributed by atoms with Crippen molar-refractivity contribution in [2.75, 3.05) is 19.7 Å². The van der Waals surface area contributed by atoms with E-state index in [1.54, 1.807) is 22.0 Å². The van der Waals surface area contributed by atoms with Gasteiger partial charge in [-0.2, -0.15) is 5.10 Å². The standard InChI is InChI=1S/C15H21N5O2/c1-2-7-19(9-10-21)15(22)17-12-13-4-6-16-14(11-13)20-8-3-5-18-20/h3-6,8,11,21H,2,7,9-10,12H2,1H3,(H,17,22). The molecule has 22 heavy (non-hydrogen) atoms. The molecule has 0 saturated carbocycles. The highest BCUT2D eigenvalue weighted by Gasteiger charge is 2.11. The van der Waals surface area contributed by atoms with Gasteiger partial charge in [0.2, 0.25) is 0 Å². The summed E-state index contributed by atoms with van der Waals surface area (Å²) in [6.07, 6.45) is 6.05. The van der Waals surface area contributed by atoms with E-state index in [1.807, 2.05) is 31.3 Å². The molecule has 118 valence electrons. The molecule has 2 heterocycles. The average Bonchev–Trinajstić information content (AvgIpc) is 3.07. The van der Waals surface area contributed by atoms with Crippen LogP contribution in [-0.2, 0) is 6.54 Å². The van der Waals surface area contributed by atoms with E-state index in [0.29, 0.717) is 25.5 Å². The lowest BCUT2D eigenvalue weighted by Crippen LogP contribution is -2.41. The van der Waals surface area contributed by atoms with Gasteiger partial charge in [0.1, 0.15) is 0 Å². The maximum absolute atomic E-state index is 12.1. The Morgan fingerprint density at radius 1 is 1.41 bits per heavy atom. The van der Waals surface area contributed by atoms with Crippen LogP contribution in [0.5, 0.6) is 0 Å². The van der Waals surface area contributed by atoms with Crippen LogP contribution in [0, 0.1) is 0 Å². The van der Waals surface area contributed by atoms with Crippen LogP contribution < -0.4 is 5.32 Å². The lowest BCUT2D eigenvalue weighted by molar-refractivity contribution is 0.177. The number of amides is 2. The van der Waals surface area contributed by atoms with Crippen molar-refractivity contribution in [1.82, 2.24) is 25.0 Å². The molecule has 2 aromatic heterocycles. The zero-order valence-electron chi connectivity index (χ0n) is 12.6. The SMILES string of the molecule is CCCN(CCO)C(=O)NCc1ccnc(-n2cccn2)c1. The largest absolute Gasteiger partial charge is 0.395 e. The normalized spacial score (nSPS) is 10.5. The summed E-state index contributed by atoms with van der Waals surface area (Å²) in [7, 11) is 0. The molecule has 0 atom stereocenters. The van der Waals surface area contributed by atoms with Crippen molar-refractivity contribution < 1.29 is 9.90 Å². The van der Waals surface area contributed by atoms with Crippen molar-refractivity contribution in [3.8, 4) is 5.82 Å². The number of aromatic nitrogens is 3.